The molecule has 0 spiro atoms. The second kappa shape index (κ2) is 8.81. The summed E-state index contributed by atoms with van der Waals surface area (Å²) in [7, 11) is -3.60. The van der Waals surface area contributed by atoms with Crippen molar-refractivity contribution in [3.63, 3.8) is 0 Å². The quantitative estimate of drug-likeness (QED) is 0.482. The van der Waals surface area contributed by atoms with Crippen LogP contribution in [-0.4, -0.2) is 23.7 Å². The molecule has 29 heavy (non-hydrogen) atoms. The molecule has 0 aliphatic rings. The van der Waals surface area contributed by atoms with Gasteiger partial charge in [-0.2, -0.15) is 0 Å². The van der Waals surface area contributed by atoms with Crippen molar-refractivity contribution in [3.05, 3.63) is 44.6 Å². The van der Waals surface area contributed by atoms with Crippen molar-refractivity contribution in [2.45, 2.75) is 59.9 Å². The molecule has 1 unspecified atom stereocenters. The largest absolute Gasteiger partial charge is 0.477 e. The predicted octanol–water partition coefficient (Wildman–Crippen LogP) is 6.48. The zero-order chi connectivity index (χ0) is 22.1. The van der Waals surface area contributed by atoms with Gasteiger partial charge in [0.15, 0.2) is 0 Å². The lowest BCUT2D eigenvalue weighted by molar-refractivity contribution is 0.0703. The van der Waals surface area contributed by atoms with Crippen LogP contribution >= 0.6 is 30.5 Å². The van der Waals surface area contributed by atoms with E-state index >= 15 is 0 Å². The first kappa shape index (κ1) is 23.9. The van der Waals surface area contributed by atoms with E-state index in [1.165, 1.54) is 11.3 Å². The molecule has 0 saturated heterocycles. The molecule has 160 valence electrons. The molecule has 1 heterocycles. The highest BCUT2D eigenvalue weighted by atomic mass is 35.5. The van der Waals surface area contributed by atoms with Crippen molar-refractivity contribution in [1.29, 1.82) is 0 Å². The number of nitrogens with zero attached hydrogens (tertiary/aromatic N) is 1. The van der Waals surface area contributed by atoms with Crippen LogP contribution in [0.5, 0.6) is 0 Å². The Kier molecular flexibility index (Phi) is 7.27. The number of carbonyl (C=O) groups is 1. The fraction of sp³-hybridized carbons (Fsp3) is 0.476. The SMILES string of the molecule is CCOP(=O)(c1ccc(Cl)cc1C)N(c1cc(C(C)(C)C)sc1C(=O)O)C(C)C. The topological polar surface area (TPSA) is 66.8 Å². The van der Waals surface area contributed by atoms with Crippen molar-refractivity contribution in [2.75, 3.05) is 11.3 Å². The van der Waals surface area contributed by atoms with E-state index in [9.17, 15) is 14.5 Å². The Hall–Kier alpha value is -1.33. The second-order valence-electron chi connectivity index (χ2n) is 8.19. The van der Waals surface area contributed by atoms with Crippen LogP contribution in [0.15, 0.2) is 24.3 Å². The standard InChI is InChI=1S/C21H29ClNO4PS/c1-8-27-28(26,17-10-9-15(22)11-14(17)4)23(13(2)3)16-12-18(21(5,6)7)29-19(16)20(24)25/h9-13H,8H2,1-7H3,(H,24,25). The average Bonchev–Trinajstić information content (AvgIpc) is 2.99. The van der Waals surface area contributed by atoms with Crippen molar-refractivity contribution < 1.29 is 19.0 Å². The molecule has 1 aromatic heterocycles. The van der Waals surface area contributed by atoms with Gasteiger partial charge in [0.05, 0.1) is 17.6 Å². The summed E-state index contributed by atoms with van der Waals surface area (Å²) in [5.41, 5.74) is 0.929. The third-order valence-corrected chi connectivity index (χ3v) is 9.17. The summed E-state index contributed by atoms with van der Waals surface area (Å²) in [6, 6.07) is 6.71. The van der Waals surface area contributed by atoms with Crippen molar-refractivity contribution >= 4 is 47.4 Å². The van der Waals surface area contributed by atoms with Gasteiger partial charge >= 0.3 is 13.5 Å². The number of halogens is 1. The molecule has 0 amide bonds. The maximum absolute atomic E-state index is 14.4. The highest BCUT2D eigenvalue weighted by Crippen LogP contribution is 2.56. The number of anilines is 1. The van der Waals surface area contributed by atoms with Crippen LogP contribution in [0.25, 0.3) is 0 Å². The van der Waals surface area contributed by atoms with Crippen molar-refractivity contribution in [2.24, 2.45) is 0 Å². The number of hydrogen-bond donors (Lipinski definition) is 1. The molecule has 0 aliphatic heterocycles. The Morgan fingerprint density at radius 2 is 1.93 bits per heavy atom. The maximum atomic E-state index is 14.4. The Bertz CT molecular complexity index is 949. The van der Waals surface area contributed by atoms with E-state index in [2.05, 4.69) is 0 Å². The lowest BCUT2D eigenvalue weighted by Gasteiger charge is -2.36. The highest BCUT2D eigenvalue weighted by molar-refractivity contribution is 7.68. The number of benzene rings is 1. The molecule has 0 aliphatic carbocycles. The van der Waals surface area contributed by atoms with Crippen molar-refractivity contribution in [1.82, 2.24) is 0 Å². The lowest BCUT2D eigenvalue weighted by Crippen LogP contribution is -2.34. The summed E-state index contributed by atoms with van der Waals surface area (Å²) in [6.45, 7) is 13.7. The summed E-state index contributed by atoms with van der Waals surface area (Å²) < 4.78 is 21.9. The van der Waals surface area contributed by atoms with Gasteiger partial charge in [-0.15, -0.1) is 11.3 Å². The van der Waals surface area contributed by atoms with Gasteiger partial charge in [-0.1, -0.05) is 32.4 Å². The molecule has 2 aromatic rings. The number of thiophene rings is 1. The van der Waals surface area contributed by atoms with Crippen LogP contribution < -0.4 is 9.97 Å². The van der Waals surface area contributed by atoms with Crippen molar-refractivity contribution in [3.8, 4) is 0 Å². The van der Waals surface area contributed by atoms with Crippen LogP contribution in [0, 0.1) is 6.92 Å². The van der Waals surface area contributed by atoms with E-state index < -0.39 is 13.5 Å². The molecular formula is C21H29ClNO4PS. The molecule has 5 nitrogen and oxygen atoms in total. The first-order valence-electron chi connectivity index (χ1n) is 9.51. The number of carboxylic acids is 1. The summed E-state index contributed by atoms with van der Waals surface area (Å²) >= 11 is 7.32. The maximum Gasteiger partial charge on any atom is 0.348 e. The minimum atomic E-state index is -3.60. The van der Waals surface area contributed by atoms with Crippen LogP contribution in [0.1, 0.15) is 61.7 Å². The van der Waals surface area contributed by atoms with E-state index in [1.54, 1.807) is 29.8 Å². The minimum Gasteiger partial charge on any atom is -0.477 e. The first-order chi connectivity index (χ1) is 13.3. The summed E-state index contributed by atoms with van der Waals surface area (Å²) in [4.78, 5) is 13.1. The number of carboxylic acid groups (broad SMARTS) is 1. The molecule has 0 radical (unpaired) electrons. The molecule has 8 heteroatoms. The molecule has 2 rings (SSSR count). The highest BCUT2D eigenvalue weighted by Gasteiger charge is 2.40. The Morgan fingerprint density at radius 1 is 1.31 bits per heavy atom. The number of rotatable bonds is 7. The smallest absolute Gasteiger partial charge is 0.348 e. The zero-order valence-corrected chi connectivity index (χ0v) is 20.4. The Labute approximate surface area is 182 Å². The molecule has 0 saturated carbocycles. The molecule has 1 atom stereocenters. The molecular weight excluding hydrogens is 429 g/mol. The fourth-order valence-corrected chi connectivity index (χ4v) is 7.17. The van der Waals surface area contributed by atoms with E-state index in [4.69, 9.17) is 16.1 Å². The molecule has 0 fully saturated rings. The van der Waals surface area contributed by atoms with Crippen LogP contribution in [0.3, 0.4) is 0 Å². The van der Waals surface area contributed by atoms with Crippen LogP contribution in [0.2, 0.25) is 5.02 Å². The fourth-order valence-electron chi connectivity index (χ4n) is 3.16. The number of hydrogen-bond acceptors (Lipinski definition) is 4. The predicted molar refractivity (Wildman–Crippen MR) is 123 cm³/mol. The van der Waals surface area contributed by atoms with Gasteiger partial charge in [-0.05, 0) is 62.9 Å². The van der Waals surface area contributed by atoms with Gasteiger partial charge in [-0.3, -0.25) is 9.24 Å². The van der Waals surface area contributed by atoms with E-state index in [-0.39, 0.29) is 22.9 Å². The summed E-state index contributed by atoms with van der Waals surface area (Å²) in [5, 5.41) is 10.9. The number of aryl methyl sites for hydroxylation is 1. The molecule has 1 N–H and O–H groups in total. The number of aromatic carboxylic acids is 1. The van der Waals surface area contributed by atoms with Gasteiger partial charge in [0.1, 0.15) is 4.88 Å². The molecule has 1 aromatic carbocycles. The van der Waals surface area contributed by atoms with E-state index in [0.29, 0.717) is 16.0 Å². The summed E-state index contributed by atoms with van der Waals surface area (Å²) in [6.07, 6.45) is 0. The Morgan fingerprint density at radius 3 is 2.38 bits per heavy atom. The molecule has 0 bridgehead atoms. The average molecular weight is 458 g/mol. The van der Waals surface area contributed by atoms with Crippen LogP contribution in [0.4, 0.5) is 5.69 Å². The second-order valence-corrected chi connectivity index (χ2v) is 11.9. The minimum absolute atomic E-state index is 0.162. The van der Waals surface area contributed by atoms with Gasteiger partial charge < -0.3 is 9.63 Å². The zero-order valence-electron chi connectivity index (χ0n) is 17.9. The van der Waals surface area contributed by atoms with Gasteiger partial charge in [0.25, 0.3) is 0 Å². The van der Waals surface area contributed by atoms with E-state index in [1.807, 2.05) is 47.6 Å². The van der Waals surface area contributed by atoms with Gasteiger partial charge in [0.2, 0.25) is 0 Å². The monoisotopic (exact) mass is 457 g/mol. The third-order valence-electron chi connectivity index (χ3n) is 4.43. The van der Waals surface area contributed by atoms with Gasteiger partial charge in [-0.25, -0.2) is 4.79 Å². The summed E-state index contributed by atoms with van der Waals surface area (Å²) in [5.74, 6) is -1.04. The normalized spacial score (nSPS) is 14.1. The Balaban J connectivity index is 2.81. The van der Waals surface area contributed by atoms with Gasteiger partial charge in [0, 0.05) is 15.9 Å². The lowest BCUT2D eigenvalue weighted by atomic mass is 9.94. The third kappa shape index (κ3) is 4.88. The van der Waals surface area contributed by atoms with E-state index in [0.717, 1.165) is 10.4 Å². The first-order valence-corrected chi connectivity index (χ1v) is 12.3. The van der Waals surface area contributed by atoms with Crippen LogP contribution in [-0.2, 0) is 14.5 Å².